The number of benzene rings is 1. The average molecular weight is 389 g/mol. The molecule has 0 atom stereocenters. The van der Waals surface area contributed by atoms with Crippen LogP contribution in [0.1, 0.15) is 61.9 Å². The van der Waals surface area contributed by atoms with E-state index in [2.05, 4.69) is 13.8 Å². The fraction of sp³-hybridized carbons (Fsp3) is 0.455. The third kappa shape index (κ3) is 5.30. The number of hydrogen-bond donors (Lipinski definition) is 1. The molecule has 0 saturated carbocycles. The second kappa shape index (κ2) is 8.41. The Balaban J connectivity index is 2.78. The minimum absolute atomic E-state index is 0.295. The normalized spacial score (nSPS) is 11.7. The van der Waals surface area contributed by atoms with Crippen molar-refractivity contribution >= 4 is 17.6 Å². The van der Waals surface area contributed by atoms with Gasteiger partial charge in [-0.3, -0.25) is 4.98 Å². The summed E-state index contributed by atoms with van der Waals surface area (Å²) in [6, 6.07) is 7.44. The van der Waals surface area contributed by atoms with Gasteiger partial charge in [0.25, 0.3) is 0 Å². The van der Waals surface area contributed by atoms with Crippen LogP contribution in [0.4, 0.5) is 0 Å². The largest absolute Gasteiger partial charge is 0.456 e. The second-order valence-electron chi connectivity index (χ2n) is 8.18. The van der Waals surface area contributed by atoms with Crippen LogP contribution in [0.2, 0.25) is 5.02 Å². The number of aryl methyl sites for hydroxylation is 1. The van der Waals surface area contributed by atoms with Gasteiger partial charge < -0.3 is 10.5 Å². The first-order valence-corrected chi connectivity index (χ1v) is 9.63. The van der Waals surface area contributed by atoms with Crippen molar-refractivity contribution in [1.29, 1.82) is 0 Å². The lowest BCUT2D eigenvalue weighted by Crippen LogP contribution is -2.26. The first-order valence-electron chi connectivity index (χ1n) is 9.25. The highest BCUT2D eigenvalue weighted by atomic mass is 35.5. The van der Waals surface area contributed by atoms with E-state index in [1.165, 1.54) is 0 Å². The van der Waals surface area contributed by atoms with Crippen molar-refractivity contribution in [3.05, 3.63) is 51.8 Å². The summed E-state index contributed by atoms with van der Waals surface area (Å²) in [5, 5.41) is 0.639. The summed E-state index contributed by atoms with van der Waals surface area (Å²) in [5.41, 5.74) is 10.2. The van der Waals surface area contributed by atoms with Gasteiger partial charge in [-0.15, -0.1) is 0 Å². The highest BCUT2D eigenvalue weighted by molar-refractivity contribution is 6.30. The van der Waals surface area contributed by atoms with Crippen molar-refractivity contribution in [3.8, 4) is 11.1 Å². The molecule has 0 fully saturated rings. The quantitative estimate of drug-likeness (QED) is 0.703. The Morgan fingerprint density at radius 1 is 1.22 bits per heavy atom. The van der Waals surface area contributed by atoms with E-state index in [9.17, 15) is 4.79 Å². The van der Waals surface area contributed by atoms with Gasteiger partial charge in [0.05, 0.1) is 11.3 Å². The van der Waals surface area contributed by atoms with E-state index < -0.39 is 5.60 Å². The number of rotatable bonds is 5. The number of carbonyl (C=O) groups is 1. The van der Waals surface area contributed by atoms with Crippen LogP contribution in [-0.2, 0) is 17.7 Å². The van der Waals surface area contributed by atoms with Crippen molar-refractivity contribution in [3.63, 3.8) is 0 Å². The standard InChI is InChI=1S/C22H29ClN2O2/c1-13(2)11-18-17(12-24)20(15-7-9-16(23)10-8-15)19(14(3)25-18)21(26)27-22(4,5)6/h7-10,13H,11-12,24H2,1-6H3. The predicted molar refractivity (Wildman–Crippen MR) is 111 cm³/mol. The van der Waals surface area contributed by atoms with Gasteiger partial charge in [-0.1, -0.05) is 37.6 Å². The molecule has 2 rings (SSSR count). The maximum absolute atomic E-state index is 13.0. The smallest absolute Gasteiger partial charge is 0.341 e. The molecule has 0 saturated heterocycles. The summed E-state index contributed by atoms with van der Waals surface area (Å²) in [4.78, 5) is 17.7. The second-order valence-corrected chi connectivity index (χ2v) is 8.62. The number of hydrogen-bond acceptors (Lipinski definition) is 4. The van der Waals surface area contributed by atoms with E-state index in [1.54, 1.807) is 0 Å². The number of nitrogens with zero attached hydrogens (tertiary/aromatic N) is 1. The van der Waals surface area contributed by atoms with Gasteiger partial charge in [0.1, 0.15) is 5.60 Å². The lowest BCUT2D eigenvalue weighted by Gasteiger charge is -2.24. The summed E-state index contributed by atoms with van der Waals surface area (Å²) in [5.74, 6) is 0.0379. The first kappa shape index (κ1) is 21.4. The fourth-order valence-corrected chi connectivity index (χ4v) is 3.22. The Bertz CT molecular complexity index is 822. The van der Waals surface area contributed by atoms with E-state index in [0.29, 0.717) is 28.7 Å². The third-order valence-corrected chi connectivity index (χ3v) is 4.36. The number of aromatic nitrogens is 1. The zero-order valence-corrected chi connectivity index (χ0v) is 17.8. The van der Waals surface area contributed by atoms with Gasteiger partial charge in [0.2, 0.25) is 0 Å². The van der Waals surface area contributed by atoms with Crippen LogP contribution >= 0.6 is 11.6 Å². The molecule has 4 nitrogen and oxygen atoms in total. The SMILES string of the molecule is Cc1nc(CC(C)C)c(CN)c(-c2ccc(Cl)cc2)c1C(=O)OC(C)(C)C. The molecule has 0 radical (unpaired) electrons. The van der Waals surface area contributed by atoms with E-state index in [-0.39, 0.29) is 5.97 Å². The summed E-state index contributed by atoms with van der Waals surface area (Å²) >= 11 is 6.06. The van der Waals surface area contributed by atoms with Gasteiger partial charge in [-0.05, 0) is 63.3 Å². The minimum Gasteiger partial charge on any atom is -0.456 e. The summed E-state index contributed by atoms with van der Waals surface area (Å²) in [6.07, 6.45) is 0.794. The molecule has 1 aromatic heterocycles. The molecule has 1 heterocycles. The van der Waals surface area contributed by atoms with E-state index in [0.717, 1.165) is 28.8 Å². The third-order valence-electron chi connectivity index (χ3n) is 4.11. The Kier molecular flexibility index (Phi) is 6.66. The number of ether oxygens (including phenoxy) is 1. The van der Waals surface area contributed by atoms with Crippen molar-refractivity contribution in [2.75, 3.05) is 0 Å². The number of nitrogens with two attached hydrogens (primary N) is 1. The maximum Gasteiger partial charge on any atom is 0.341 e. The van der Waals surface area contributed by atoms with Crippen LogP contribution in [0.25, 0.3) is 11.1 Å². The molecule has 146 valence electrons. The molecule has 0 bridgehead atoms. The highest BCUT2D eigenvalue weighted by Crippen LogP contribution is 2.34. The van der Waals surface area contributed by atoms with Crippen molar-refractivity contribution in [2.45, 2.75) is 60.1 Å². The molecule has 2 N–H and O–H groups in total. The molecule has 5 heteroatoms. The van der Waals surface area contributed by atoms with Crippen LogP contribution < -0.4 is 5.73 Å². The lowest BCUT2D eigenvalue weighted by molar-refractivity contribution is 0.00690. The van der Waals surface area contributed by atoms with Gasteiger partial charge in [0, 0.05) is 22.8 Å². The van der Waals surface area contributed by atoms with Crippen LogP contribution in [0, 0.1) is 12.8 Å². The average Bonchev–Trinajstić information content (AvgIpc) is 2.52. The molecular weight excluding hydrogens is 360 g/mol. The van der Waals surface area contributed by atoms with Gasteiger partial charge >= 0.3 is 5.97 Å². The van der Waals surface area contributed by atoms with Crippen LogP contribution in [-0.4, -0.2) is 16.6 Å². The number of carbonyl (C=O) groups excluding carboxylic acids is 1. The first-order chi connectivity index (χ1) is 12.5. The fourth-order valence-electron chi connectivity index (χ4n) is 3.09. The number of esters is 1. The van der Waals surface area contributed by atoms with E-state index in [1.807, 2.05) is 52.0 Å². The van der Waals surface area contributed by atoms with E-state index >= 15 is 0 Å². The Morgan fingerprint density at radius 2 is 1.81 bits per heavy atom. The molecule has 0 aliphatic rings. The summed E-state index contributed by atoms with van der Waals surface area (Å²) in [6.45, 7) is 12.0. The maximum atomic E-state index is 13.0. The van der Waals surface area contributed by atoms with Crippen molar-refractivity contribution in [2.24, 2.45) is 11.7 Å². The molecular formula is C22H29ClN2O2. The number of pyridine rings is 1. The van der Waals surface area contributed by atoms with Crippen LogP contribution in [0.3, 0.4) is 0 Å². The van der Waals surface area contributed by atoms with Gasteiger partial charge in [-0.25, -0.2) is 4.79 Å². The van der Waals surface area contributed by atoms with Crippen molar-refractivity contribution in [1.82, 2.24) is 4.98 Å². The predicted octanol–water partition coefficient (Wildman–Crippen LogP) is 5.32. The molecule has 27 heavy (non-hydrogen) atoms. The summed E-state index contributed by atoms with van der Waals surface area (Å²) < 4.78 is 5.67. The molecule has 0 amide bonds. The molecule has 0 spiro atoms. The molecule has 2 aromatic rings. The van der Waals surface area contributed by atoms with Gasteiger partial charge in [0.15, 0.2) is 0 Å². The zero-order chi connectivity index (χ0) is 20.4. The molecule has 0 aliphatic heterocycles. The molecule has 1 aromatic carbocycles. The van der Waals surface area contributed by atoms with Crippen molar-refractivity contribution < 1.29 is 9.53 Å². The van der Waals surface area contributed by atoms with Crippen LogP contribution in [0.5, 0.6) is 0 Å². The molecule has 0 unspecified atom stereocenters. The van der Waals surface area contributed by atoms with E-state index in [4.69, 9.17) is 27.1 Å². The highest BCUT2D eigenvalue weighted by Gasteiger charge is 2.27. The van der Waals surface area contributed by atoms with Crippen LogP contribution in [0.15, 0.2) is 24.3 Å². The number of halogens is 1. The monoisotopic (exact) mass is 388 g/mol. The summed E-state index contributed by atoms with van der Waals surface area (Å²) in [7, 11) is 0. The zero-order valence-electron chi connectivity index (χ0n) is 17.0. The van der Waals surface area contributed by atoms with Gasteiger partial charge in [-0.2, -0.15) is 0 Å². The minimum atomic E-state index is -0.597. The Labute approximate surface area is 167 Å². The Hall–Kier alpha value is -1.91. The molecule has 0 aliphatic carbocycles. The lowest BCUT2D eigenvalue weighted by atomic mass is 9.90. The topological polar surface area (TPSA) is 65.2 Å². The Morgan fingerprint density at radius 3 is 2.30 bits per heavy atom.